The molecule has 3 N–H and O–H groups in total. The van der Waals surface area contributed by atoms with Crippen LogP contribution in [0.5, 0.6) is 17.2 Å². The predicted molar refractivity (Wildman–Crippen MR) is 128 cm³/mol. The molecule has 0 atom stereocenters. The Morgan fingerprint density at radius 1 is 0.667 bits per heavy atom. The van der Waals surface area contributed by atoms with Gasteiger partial charge in [0.25, 0.3) is 0 Å². The van der Waals surface area contributed by atoms with Crippen LogP contribution < -0.4 is 0 Å². The summed E-state index contributed by atoms with van der Waals surface area (Å²) in [6.07, 6.45) is 3.29. The van der Waals surface area contributed by atoms with E-state index in [0.29, 0.717) is 21.6 Å². The van der Waals surface area contributed by atoms with Crippen molar-refractivity contribution in [3.8, 4) is 17.2 Å². The van der Waals surface area contributed by atoms with Gasteiger partial charge in [-0.25, -0.2) is 9.97 Å². The largest absolute Gasteiger partial charge is 0.508 e. The predicted octanol–water partition coefficient (Wildman–Crippen LogP) is 7.39. The van der Waals surface area contributed by atoms with Crippen molar-refractivity contribution in [2.75, 3.05) is 0 Å². The highest BCUT2D eigenvalue weighted by molar-refractivity contribution is 7.13. The monoisotopic (exact) mass is 476 g/mol. The van der Waals surface area contributed by atoms with Gasteiger partial charge in [0.1, 0.15) is 28.6 Å². The summed E-state index contributed by atoms with van der Waals surface area (Å²) < 4.78 is 0. The van der Waals surface area contributed by atoms with Gasteiger partial charge >= 0.3 is 0 Å². The Bertz CT molecular complexity index is 1400. The van der Waals surface area contributed by atoms with E-state index in [1.165, 1.54) is 40.9 Å². The molecule has 3 aromatic carbocycles. The van der Waals surface area contributed by atoms with Gasteiger partial charge in [0.15, 0.2) is 0 Å². The lowest BCUT2D eigenvalue weighted by Gasteiger charge is -2.02. The zero-order chi connectivity index (χ0) is 23.0. The topological polar surface area (TPSA) is 136 Å². The maximum absolute atomic E-state index is 9.87. The number of benzene rings is 3. The molecule has 11 heteroatoms. The Morgan fingerprint density at radius 3 is 2.03 bits per heavy atom. The van der Waals surface area contributed by atoms with E-state index in [0.717, 1.165) is 10.8 Å². The molecule has 0 radical (unpaired) electrons. The fourth-order valence-corrected chi connectivity index (χ4v) is 3.57. The van der Waals surface area contributed by atoms with Crippen LogP contribution in [-0.2, 0) is 0 Å². The van der Waals surface area contributed by atoms with Crippen LogP contribution >= 0.6 is 22.7 Å². The van der Waals surface area contributed by atoms with E-state index in [-0.39, 0.29) is 17.2 Å². The highest BCUT2D eigenvalue weighted by Gasteiger charge is 2.06. The molecule has 0 amide bonds. The number of fused-ring (bicyclic) bond motifs is 1. The van der Waals surface area contributed by atoms with Crippen LogP contribution in [0.1, 0.15) is 0 Å². The molecule has 9 nitrogen and oxygen atoms in total. The molecule has 0 spiro atoms. The Balaban J connectivity index is 0.000000160. The summed E-state index contributed by atoms with van der Waals surface area (Å²) in [5.41, 5.74) is 0.770. The summed E-state index contributed by atoms with van der Waals surface area (Å²) in [7, 11) is 0. The Morgan fingerprint density at radius 2 is 1.36 bits per heavy atom. The number of aromatic nitrogens is 2. The van der Waals surface area contributed by atoms with E-state index in [4.69, 9.17) is 5.11 Å². The maximum Gasteiger partial charge on any atom is 0.229 e. The van der Waals surface area contributed by atoms with Gasteiger partial charge in [-0.05, 0) is 23.6 Å². The van der Waals surface area contributed by atoms with Crippen molar-refractivity contribution in [1.82, 2.24) is 9.97 Å². The van der Waals surface area contributed by atoms with Crippen molar-refractivity contribution in [2.45, 2.75) is 0 Å². The Hall–Kier alpha value is -4.22. The molecule has 2 aromatic heterocycles. The number of nitrogens with zero attached hydrogens (tertiary/aromatic N) is 6. The highest BCUT2D eigenvalue weighted by Crippen LogP contribution is 2.36. The zero-order valence-corrected chi connectivity index (χ0v) is 18.5. The highest BCUT2D eigenvalue weighted by atomic mass is 32.1. The molecule has 0 bridgehead atoms. The molecule has 33 heavy (non-hydrogen) atoms. The van der Waals surface area contributed by atoms with E-state index in [1.807, 2.05) is 35.7 Å². The smallest absolute Gasteiger partial charge is 0.229 e. The van der Waals surface area contributed by atoms with Gasteiger partial charge in [0, 0.05) is 34.6 Å². The Labute approximate surface area is 195 Å². The van der Waals surface area contributed by atoms with Crippen LogP contribution in [0, 0.1) is 0 Å². The lowest BCUT2D eigenvalue weighted by Crippen LogP contribution is -1.74. The van der Waals surface area contributed by atoms with Gasteiger partial charge in [0.05, 0.1) is 0 Å². The maximum atomic E-state index is 9.87. The van der Waals surface area contributed by atoms with Crippen molar-refractivity contribution in [2.24, 2.45) is 20.5 Å². The minimum Gasteiger partial charge on any atom is -0.508 e. The molecule has 2 heterocycles. The van der Waals surface area contributed by atoms with Crippen LogP contribution in [0.4, 0.5) is 21.6 Å². The first-order chi connectivity index (χ1) is 16.1. The summed E-state index contributed by atoms with van der Waals surface area (Å²) >= 11 is 2.75. The molecule has 164 valence electrons. The summed E-state index contributed by atoms with van der Waals surface area (Å²) in [5.74, 6) is -0.00925. The first kappa shape index (κ1) is 22.0. The van der Waals surface area contributed by atoms with Gasteiger partial charge in [-0.2, -0.15) is 0 Å². The third kappa shape index (κ3) is 5.73. The molecule has 0 fully saturated rings. The number of hydrogen-bond donors (Lipinski definition) is 3. The third-order valence-electron chi connectivity index (χ3n) is 4.16. The zero-order valence-electron chi connectivity index (χ0n) is 16.8. The van der Waals surface area contributed by atoms with Crippen molar-refractivity contribution in [1.29, 1.82) is 0 Å². The van der Waals surface area contributed by atoms with Gasteiger partial charge in [-0.1, -0.05) is 30.3 Å². The first-order valence-corrected chi connectivity index (χ1v) is 11.2. The second kappa shape index (κ2) is 10.4. The number of rotatable bonds is 4. The van der Waals surface area contributed by atoms with Gasteiger partial charge in [-0.15, -0.1) is 43.1 Å². The van der Waals surface area contributed by atoms with Crippen LogP contribution in [0.25, 0.3) is 10.8 Å². The average Bonchev–Trinajstić information content (AvgIpc) is 3.53. The fraction of sp³-hybridized carbons (Fsp3) is 0. The number of azo groups is 2. The third-order valence-corrected chi connectivity index (χ3v) is 5.47. The second-order valence-electron chi connectivity index (χ2n) is 6.36. The number of aromatic hydroxyl groups is 3. The molecule has 5 aromatic rings. The van der Waals surface area contributed by atoms with Gasteiger partial charge in [0.2, 0.25) is 10.3 Å². The van der Waals surface area contributed by atoms with Gasteiger partial charge < -0.3 is 15.3 Å². The normalized spacial score (nSPS) is 11.2. The minimum atomic E-state index is -0.115. The summed E-state index contributed by atoms with van der Waals surface area (Å²) in [4.78, 5) is 7.92. The fourth-order valence-electron chi connectivity index (χ4n) is 2.67. The molecular formula is C22H16N6O3S2. The van der Waals surface area contributed by atoms with E-state index < -0.39 is 0 Å². The van der Waals surface area contributed by atoms with Crippen LogP contribution in [0.2, 0.25) is 0 Å². The minimum absolute atomic E-state index is 0.0132. The number of thiazole rings is 2. The van der Waals surface area contributed by atoms with E-state index in [9.17, 15) is 10.2 Å². The molecule has 0 saturated carbocycles. The van der Waals surface area contributed by atoms with Crippen LogP contribution in [-0.4, -0.2) is 25.3 Å². The van der Waals surface area contributed by atoms with Crippen LogP contribution in [0.3, 0.4) is 0 Å². The summed E-state index contributed by atoms with van der Waals surface area (Å²) in [5, 5.41) is 50.6. The second-order valence-corrected chi connectivity index (χ2v) is 8.10. The molecule has 0 aliphatic carbocycles. The van der Waals surface area contributed by atoms with Crippen molar-refractivity contribution in [3.63, 3.8) is 0 Å². The Kier molecular flexibility index (Phi) is 6.93. The van der Waals surface area contributed by atoms with Crippen molar-refractivity contribution >= 4 is 55.1 Å². The molecule has 0 aliphatic heterocycles. The molecule has 0 aliphatic rings. The lowest BCUT2D eigenvalue weighted by atomic mass is 10.1. The molecular weight excluding hydrogens is 460 g/mol. The lowest BCUT2D eigenvalue weighted by molar-refractivity contribution is 0.451. The number of phenolic OH excluding ortho intramolecular Hbond substituents is 3. The standard InChI is InChI=1S/C13H9N3OS.C9H7N3O2S/c17-11-6-5-9-3-1-2-4-10(9)12(11)15-16-13-14-7-8-18-13;13-6-1-2-7(8(14)5-6)11-12-9-10-3-4-15-9/h1-8,17H;1-5,13-14H. The molecule has 0 saturated heterocycles. The SMILES string of the molecule is Oc1ccc(N=Nc2nccs2)c(O)c1.Oc1ccc2ccccc2c1N=Nc1nccs1. The van der Waals surface area contributed by atoms with Crippen LogP contribution in [0.15, 0.2) is 98.2 Å². The molecule has 5 rings (SSSR count). The number of phenols is 3. The summed E-state index contributed by atoms with van der Waals surface area (Å²) in [6.45, 7) is 0. The summed E-state index contributed by atoms with van der Waals surface area (Å²) in [6, 6.07) is 15.3. The first-order valence-electron chi connectivity index (χ1n) is 9.45. The van der Waals surface area contributed by atoms with Crippen molar-refractivity contribution < 1.29 is 15.3 Å². The quantitative estimate of drug-likeness (QED) is 0.232. The molecule has 0 unspecified atom stereocenters. The van der Waals surface area contributed by atoms with Crippen molar-refractivity contribution in [3.05, 3.63) is 77.8 Å². The van der Waals surface area contributed by atoms with Gasteiger partial charge in [-0.3, -0.25) is 0 Å². The van der Waals surface area contributed by atoms with E-state index >= 15 is 0 Å². The number of hydrogen-bond acceptors (Lipinski definition) is 11. The van der Waals surface area contributed by atoms with E-state index in [2.05, 4.69) is 30.4 Å². The van der Waals surface area contributed by atoms with E-state index in [1.54, 1.807) is 23.8 Å². The average molecular weight is 477 g/mol.